The SMILES string of the molecule is CCCc1ccc(OCC(=O)N/N=C/c2ccc(OCc3ccccc3Cl)cc2)c(Br)c1. The minimum Gasteiger partial charge on any atom is -0.489 e. The van der Waals surface area contributed by atoms with Crippen LogP contribution in [0.25, 0.3) is 0 Å². The van der Waals surface area contributed by atoms with Crippen LogP contribution in [0.5, 0.6) is 11.5 Å². The van der Waals surface area contributed by atoms with Crippen LogP contribution in [0.3, 0.4) is 0 Å². The molecule has 166 valence electrons. The first kappa shape index (κ1) is 23.8. The van der Waals surface area contributed by atoms with E-state index in [2.05, 4.69) is 33.4 Å². The Kier molecular flexibility index (Phi) is 9.13. The van der Waals surface area contributed by atoms with Crippen LogP contribution in [-0.4, -0.2) is 18.7 Å². The molecule has 7 heteroatoms. The highest BCUT2D eigenvalue weighted by Gasteiger charge is 2.06. The number of hydrazone groups is 1. The zero-order valence-corrected chi connectivity index (χ0v) is 20.0. The van der Waals surface area contributed by atoms with Crippen molar-refractivity contribution in [3.63, 3.8) is 0 Å². The standard InChI is InChI=1S/C25H24BrClN2O3/c1-2-5-18-10-13-24(22(26)14-18)32-17-25(30)29-28-15-19-8-11-21(12-9-19)31-16-20-6-3-4-7-23(20)27/h3-4,6-15H,2,5,16-17H2,1H3,(H,29,30)/b28-15+. The molecular formula is C25H24BrClN2O3. The third-order valence-corrected chi connectivity index (χ3v) is 5.52. The summed E-state index contributed by atoms with van der Waals surface area (Å²) in [5, 5.41) is 4.65. The normalized spacial score (nSPS) is 10.8. The number of nitrogens with zero attached hydrogens (tertiary/aromatic N) is 1. The molecule has 0 unspecified atom stereocenters. The number of carbonyl (C=O) groups excluding carboxylic acids is 1. The van der Waals surface area contributed by atoms with Crippen molar-refractivity contribution in [3.05, 3.63) is 92.9 Å². The molecule has 0 spiro atoms. The van der Waals surface area contributed by atoms with Gasteiger partial charge in [0.05, 0.1) is 10.7 Å². The number of halogens is 2. The lowest BCUT2D eigenvalue weighted by Crippen LogP contribution is -2.24. The fourth-order valence-electron chi connectivity index (χ4n) is 2.89. The Balaban J connectivity index is 1.43. The minimum atomic E-state index is -0.342. The smallest absolute Gasteiger partial charge is 0.277 e. The van der Waals surface area contributed by atoms with Gasteiger partial charge in [0.2, 0.25) is 0 Å². The predicted molar refractivity (Wildman–Crippen MR) is 132 cm³/mol. The zero-order valence-electron chi connectivity index (χ0n) is 17.7. The number of amides is 1. The average Bonchev–Trinajstić information content (AvgIpc) is 2.79. The Morgan fingerprint density at radius 2 is 1.88 bits per heavy atom. The number of benzene rings is 3. The van der Waals surface area contributed by atoms with E-state index in [1.807, 2.05) is 66.7 Å². The van der Waals surface area contributed by atoms with Gasteiger partial charge in [0.25, 0.3) is 5.91 Å². The van der Waals surface area contributed by atoms with Crippen LogP contribution < -0.4 is 14.9 Å². The molecule has 0 saturated carbocycles. The summed E-state index contributed by atoms with van der Waals surface area (Å²) in [6, 6.07) is 20.8. The van der Waals surface area contributed by atoms with Gasteiger partial charge in [0, 0.05) is 10.6 Å². The van der Waals surface area contributed by atoms with Gasteiger partial charge in [-0.25, -0.2) is 5.43 Å². The van der Waals surface area contributed by atoms with Gasteiger partial charge >= 0.3 is 0 Å². The van der Waals surface area contributed by atoms with E-state index in [0.717, 1.165) is 34.2 Å². The Labute approximate surface area is 201 Å². The molecule has 0 aliphatic carbocycles. The fraction of sp³-hybridized carbons (Fsp3) is 0.200. The Hall–Kier alpha value is -2.83. The van der Waals surface area contributed by atoms with Gasteiger partial charge in [-0.1, -0.05) is 49.2 Å². The van der Waals surface area contributed by atoms with Crippen LogP contribution in [0.1, 0.15) is 30.0 Å². The Morgan fingerprint density at radius 3 is 2.59 bits per heavy atom. The van der Waals surface area contributed by atoms with Crippen LogP contribution in [0.15, 0.2) is 76.3 Å². The lowest BCUT2D eigenvalue weighted by molar-refractivity contribution is -0.123. The maximum atomic E-state index is 12.0. The van der Waals surface area contributed by atoms with E-state index in [0.29, 0.717) is 17.4 Å². The van der Waals surface area contributed by atoms with E-state index in [1.54, 1.807) is 6.21 Å². The molecule has 0 atom stereocenters. The van der Waals surface area contributed by atoms with Gasteiger partial charge in [0.1, 0.15) is 18.1 Å². The molecule has 0 saturated heterocycles. The van der Waals surface area contributed by atoms with Crippen LogP contribution in [0.4, 0.5) is 0 Å². The van der Waals surface area contributed by atoms with Crippen LogP contribution in [0, 0.1) is 0 Å². The average molecular weight is 516 g/mol. The molecule has 0 heterocycles. The first-order valence-corrected chi connectivity index (χ1v) is 11.4. The molecular weight excluding hydrogens is 492 g/mol. The maximum absolute atomic E-state index is 12.0. The second-order valence-electron chi connectivity index (χ2n) is 7.05. The number of ether oxygens (including phenoxy) is 2. The number of rotatable bonds is 10. The van der Waals surface area contributed by atoms with Gasteiger partial charge in [0.15, 0.2) is 6.61 Å². The first-order valence-electron chi connectivity index (χ1n) is 10.2. The summed E-state index contributed by atoms with van der Waals surface area (Å²) in [7, 11) is 0. The third kappa shape index (κ3) is 7.39. The molecule has 3 aromatic carbocycles. The summed E-state index contributed by atoms with van der Waals surface area (Å²) in [6.45, 7) is 2.40. The third-order valence-electron chi connectivity index (χ3n) is 4.53. The number of hydrogen-bond acceptors (Lipinski definition) is 4. The van der Waals surface area contributed by atoms with E-state index in [-0.39, 0.29) is 12.5 Å². The molecule has 0 aliphatic rings. The molecule has 0 fully saturated rings. The lowest BCUT2D eigenvalue weighted by Gasteiger charge is -2.09. The molecule has 1 N–H and O–H groups in total. The molecule has 0 aromatic heterocycles. The van der Waals surface area contributed by atoms with Gasteiger partial charge in [-0.15, -0.1) is 0 Å². The second kappa shape index (κ2) is 12.3. The van der Waals surface area contributed by atoms with E-state index in [4.69, 9.17) is 21.1 Å². The molecule has 32 heavy (non-hydrogen) atoms. The molecule has 0 bridgehead atoms. The van der Waals surface area contributed by atoms with Crippen LogP contribution in [-0.2, 0) is 17.8 Å². The molecule has 3 rings (SSSR count). The highest BCUT2D eigenvalue weighted by Crippen LogP contribution is 2.26. The van der Waals surface area contributed by atoms with Gasteiger partial charge in [-0.3, -0.25) is 4.79 Å². The van der Waals surface area contributed by atoms with Crippen molar-refractivity contribution >= 4 is 39.7 Å². The molecule has 0 aliphatic heterocycles. The molecule has 5 nitrogen and oxygen atoms in total. The summed E-state index contributed by atoms with van der Waals surface area (Å²) in [5.41, 5.74) is 5.44. The van der Waals surface area contributed by atoms with E-state index < -0.39 is 0 Å². The van der Waals surface area contributed by atoms with E-state index in [1.165, 1.54) is 5.56 Å². The molecule has 0 radical (unpaired) electrons. The van der Waals surface area contributed by atoms with Crippen molar-refractivity contribution in [3.8, 4) is 11.5 Å². The summed E-state index contributed by atoms with van der Waals surface area (Å²) in [6.07, 6.45) is 3.64. The monoisotopic (exact) mass is 514 g/mol. The summed E-state index contributed by atoms with van der Waals surface area (Å²) in [5.74, 6) is 0.997. The first-order chi connectivity index (χ1) is 15.5. The van der Waals surface area contributed by atoms with Gasteiger partial charge in [-0.2, -0.15) is 5.10 Å². The second-order valence-corrected chi connectivity index (χ2v) is 8.31. The van der Waals surface area contributed by atoms with Crippen molar-refractivity contribution in [1.29, 1.82) is 0 Å². The largest absolute Gasteiger partial charge is 0.489 e. The minimum absolute atomic E-state index is 0.127. The predicted octanol–water partition coefficient (Wildman–Crippen LogP) is 6.16. The van der Waals surface area contributed by atoms with E-state index in [9.17, 15) is 4.79 Å². The summed E-state index contributed by atoms with van der Waals surface area (Å²) < 4.78 is 12.1. The van der Waals surface area contributed by atoms with E-state index >= 15 is 0 Å². The van der Waals surface area contributed by atoms with Crippen LogP contribution in [0.2, 0.25) is 5.02 Å². The van der Waals surface area contributed by atoms with Crippen molar-refractivity contribution in [2.45, 2.75) is 26.4 Å². The van der Waals surface area contributed by atoms with Crippen LogP contribution >= 0.6 is 27.5 Å². The Bertz CT molecular complexity index is 1070. The van der Waals surface area contributed by atoms with Gasteiger partial charge < -0.3 is 9.47 Å². The van der Waals surface area contributed by atoms with Gasteiger partial charge in [-0.05, 0) is 75.9 Å². The quantitative estimate of drug-likeness (QED) is 0.260. The molecule has 1 amide bonds. The number of nitrogens with one attached hydrogen (secondary N) is 1. The van der Waals surface area contributed by atoms with Crippen molar-refractivity contribution < 1.29 is 14.3 Å². The lowest BCUT2D eigenvalue weighted by atomic mass is 10.1. The summed E-state index contributed by atoms with van der Waals surface area (Å²) >= 11 is 9.62. The highest BCUT2D eigenvalue weighted by atomic mass is 79.9. The zero-order chi connectivity index (χ0) is 22.8. The van der Waals surface area contributed by atoms with Crippen molar-refractivity contribution in [2.24, 2.45) is 5.10 Å². The topological polar surface area (TPSA) is 59.9 Å². The Morgan fingerprint density at radius 1 is 1.09 bits per heavy atom. The van der Waals surface area contributed by atoms with Crippen molar-refractivity contribution in [2.75, 3.05) is 6.61 Å². The van der Waals surface area contributed by atoms with Crippen molar-refractivity contribution in [1.82, 2.24) is 5.43 Å². The number of carbonyl (C=O) groups is 1. The summed E-state index contributed by atoms with van der Waals surface area (Å²) in [4.78, 5) is 12.0. The maximum Gasteiger partial charge on any atom is 0.277 e. The molecule has 3 aromatic rings. The fourth-order valence-corrected chi connectivity index (χ4v) is 3.62. The number of hydrogen-bond donors (Lipinski definition) is 1. The number of aryl methyl sites for hydroxylation is 1. The highest BCUT2D eigenvalue weighted by molar-refractivity contribution is 9.10.